The molecule has 3 nitrogen and oxygen atoms in total. The van der Waals surface area contributed by atoms with Crippen molar-refractivity contribution < 1.29 is 4.74 Å². The number of rotatable bonds is 3. The van der Waals surface area contributed by atoms with Crippen LogP contribution >= 0.6 is 0 Å². The molecule has 0 aliphatic carbocycles. The van der Waals surface area contributed by atoms with Crippen molar-refractivity contribution in [3.8, 4) is 0 Å². The van der Waals surface area contributed by atoms with E-state index in [1.807, 2.05) is 13.1 Å². The van der Waals surface area contributed by atoms with Gasteiger partial charge in [-0.25, -0.2) is 0 Å². The van der Waals surface area contributed by atoms with Crippen LogP contribution in [0.2, 0.25) is 0 Å². The molecule has 1 aromatic carbocycles. The summed E-state index contributed by atoms with van der Waals surface area (Å²) < 4.78 is 6.00. The normalized spacial score (nSPS) is 23.1. The smallest absolute Gasteiger partial charge is 0.0873 e. The van der Waals surface area contributed by atoms with Gasteiger partial charge in [0.15, 0.2) is 0 Å². The van der Waals surface area contributed by atoms with Crippen LogP contribution < -0.4 is 5.32 Å². The molecule has 2 atom stereocenters. The molecule has 1 aromatic heterocycles. The lowest BCUT2D eigenvalue weighted by Gasteiger charge is -2.20. The molecule has 2 unspecified atom stereocenters. The zero-order valence-electron chi connectivity index (χ0n) is 11.5. The number of aromatic nitrogens is 1. The summed E-state index contributed by atoms with van der Waals surface area (Å²) >= 11 is 0. The number of ether oxygens (including phenoxy) is 1. The zero-order valence-corrected chi connectivity index (χ0v) is 11.5. The van der Waals surface area contributed by atoms with E-state index in [-0.39, 0.29) is 6.10 Å². The molecule has 1 aliphatic rings. The maximum atomic E-state index is 6.00. The minimum Gasteiger partial charge on any atom is -0.373 e. The van der Waals surface area contributed by atoms with Crippen molar-refractivity contribution in [2.45, 2.75) is 19.4 Å². The third-order valence-corrected chi connectivity index (χ3v) is 3.86. The first-order chi connectivity index (χ1) is 9.29. The number of pyridine rings is 1. The Labute approximate surface area is 114 Å². The first-order valence-electron chi connectivity index (χ1n) is 6.92. The summed E-state index contributed by atoms with van der Waals surface area (Å²) in [4.78, 5) is 4.61. The molecule has 2 aromatic rings. The maximum Gasteiger partial charge on any atom is 0.0873 e. The predicted octanol–water partition coefficient (Wildman–Crippen LogP) is 2.84. The summed E-state index contributed by atoms with van der Waals surface area (Å²) in [5.74, 6) is 0.551. The fourth-order valence-electron chi connectivity index (χ4n) is 3.02. The summed E-state index contributed by atoms with van der Waals surface area (Å²) in [6, 6.07) is 10.5. The number of nitrogens with zero attached hydrogens (tertiary/aromatic N) is 1. The van der Waals surface area contributed by atoms with Crippen LogP contribution in [0.4, 0.5) is 0 Å². The minimum atomic E-state index is 0.194. The van der Waals surface area contributed by atoms with Crippen LogP contribution in [-0.4, -0.2) is 25.2 Å². The Kier molecular flexibility index (Phi) is 3.49. The number of nitrogens with one attached hydrogen (secondary N) is 1. The van der Waals surface area contributed by atoms with E-state index in [0.29, 0.717) is 5.92 Å². The number of para-hydroxylation sites is 1. The molecular weight excluding hydrogens is 236 g/mol. The molecule has 19 heavy (non-hydrogen) atoms. The number of aryl methyl sites for hydroxylation is 1. The molecule has 0 amide bonds. The van der Waals surface area contributed by atoms with E-state index in [2.05, 4.69) is 41.5 Å². The highest BCUT2D eigenvalue weighted by molar-refractivity contribution is 5.82. The van der Waals surface area contributed by atoms with E-state index >= 15 is 0 Å². The SMILES string of the molecule is CNCC1CCOC1c1cc(C)nc2ccccc12. The van der Waals surface area contributed by atoms with E-state index < -0.39 is 0 Å². The van der Waals surface area contributed by atoms with Crippen molar-refractivity contribution >= 4 is 10.9 Å². The Balaban J connectivity index is 2.08. The predicted molar refractivity (Wildman–Crippen MR) is 77.2 cm³/mol. The number of benzene rings is 1. The van der Waals surface area contributed by atoms with Crippen molar-refractivity contribution in [3.05, 3.63) is 41.6 Å². The van der Waals surface area contributed by atoms with E-state index in [1.54, 1.807) is 0 Å². The van der Waals surface area contributed by atoms with Crippen molar-refractivity contribution in [1.29, 1.82) is 0 Å². The summed E-state index contributed by atoms with van der Waals surface area (Å²) in [5.41, 5.74) is 3.42. The van der Waals surface area contributed by atoms with Gasteiger partial charge in [0.2, 0.25) is 0 Å². The van der Waals surface area contributed by atoms with Gasteiger partial charge in [-0.15, -0.1) is 0 Å². The Morgan fingerprint density at radius 3 is 3.05 bits per heavy atom. The first-order valence-corrected chi connectivity index (χ1v) is 6.92. The van der Waals surface area contributed by atoms with E-state index in [0.717, 1.165) is 30.8 Å². The lowest BCUT2D eigenvalue weighted by Crippen LogP contribution is -2.21. The lowest BCUT2D eigenvalue weighted by molar-refractivity contribution is 0.0920. The zero-order chi connectivity index (χ0) is 13.2. The topological polar surface area (TPSA) is 34.1 Å². The van der Waals surface area contributed by atoms with Crippen LogP contribution in [0, 0.1) is 12.8 Å². The second kappa shape index (κ2) is 5.27. The highest BCUT2D eigenvalue weighted by atomic mass is 16.5. The van der Waals surface area contributed by atoms with Gasteiger partial charge >= 0.3 is 0 Å². The standard InChI is InChI=1S/C16H20N2O/c1-11-9-14(13-5-3-4-6-15(13)18-11)16-12(10-17-2)7-8-19-16/h3-6,9,12,16-17H,7-8,10H2,1-2H3. The third kappa shape index (κ3) is 2.36. The van der Waals surface area contributed by atoms with Crippen molar-refractivity contribution in [2.24, 2.45) is 5.92 Å². The lowest BCUT2D eigenvalue weighted by atomic mass is 9.92. The molecule has 1 fully saturated rings. The molecule has 0 spiro atoms. The monoisotopic (exact) mass is 256 g/mol. The molecule has 1 aliphatic heterocycles. The molecule has 0 bridgehead atoms. The molecule has 1 saturated heterocycles. The van der Waals surface area contributed by atoms with E-state index in [4.69, 9.17) is 4.74 Å². The van der Waals surface area contributed by atoms with E-state index in [9.17, 15) is 0 Å². The third-order valence-electron chi connectivity index (χ3n) is 3.86. The quantitative estimate of drug-likeness (QED) is 0.917. The van der Waals surface area contributed by atoms with Crippen LogP contribution in [0.25, 0.3) is 10.9 Å². The van der Waals surface area contributed by atoms with Gasteiger partial charge in [-0.05, 0) is 38.1 Å². The van der Waals surface area contributed by atoms with Crippen LogP contribution in [0.15, 0.2) is 30.3 Å². The second-order valence-electron chi connectivity index (χ2n) is 5.27. The number of fused-ring (bicyclic) bond motifs is 1. The Morgan fingerprint density at radius 2 is 2.21 bits per heavy atom. The van der Waals surface area contributed by atoms with Gasteiger partial charge in [0, 0.05) is 30.1 Å². The molecule has 0 radical (unpaired) electrons. The Morgan fingerprint density at radius 1 is 1.37 bits per heavy atom. The van der Waals surface area contributed by atoms with Gasteiger partial charge in [-0.3, -0.25) is 4.98 Å². The Hall–Kier alpha value is -1.45. The van der Waals surface area contributed by atoms with Crippen LogP contribution in [0.1, 0.15) is 23.8 Å². The molecule has 2 heterocycles. The molecule has 100 valence electrons. The first kappa shape index (κ1) is 12.6. The highest BCUT2D eigenvalue weighted by Crippen LogP contribution is 2.37. The molecular formula is C16H20N2O. The van der Waals surface area contributed by atoms with Crippen LogP contribution in [0.3, 0.4) is 0 Å². The summed E-state index contributed by atoms with van der Waals surface area (Å²) in [7, 11) is 2.01. The fraction of sp³-hybridized carbons (Fsp3) is 0.438. The van der Waals surface area contributed by atoms with Gasteiger partial charge < -0.3 is 10.1 Å². The highest BCUT2D eigenvalue weighted by Gasteiger charge is 2.30. The average Bonchev–Trinajstić information content (AvgIpc) is 2.86. The number of hydrogen-bond donors (Lipinski definition) is 1. The molecule has 1 N–H and O–H groups in total. The number of hydrogen-bond acceptors (Lipinski definition) is 3. The summed E-state index contributed by atoms with van der Waals surface area (Å²) in [5, 5.41) is 4.50. The molecule has 0 saturated carbocycles. The maximum absolute atomic E-state index is 6.00. The van der Waals surface area contributed by atoms with Crippen LogP contribution in [0.5, 0.6) is 0 Å². The van der Waals surface area contributed by atoms with Crippen LogP contribution in [-0.2, 0) is 4.74 Å². The van der Waals surface area contributed by atoms with Crippen molar-refractivity contribution in [3.63, 3.8) is 0 Å². The largest absolute Gasteiger partial charge is 0.373 e. The van der Waals surface area contributed by atoms with Gasteiger partial charge in [0.05, 0.1) is 11.6 Å². The fourth-order valence-corrected chi connectivity index (χ4v) is 3.02. The summed E-state index contributed by atoms with van der Waals surface area (Å²) in [6.07, 6.45) is 1.32. The summed E-state index contributed by atoms with van der Waals surface area (Å²) in [6.45, 7) is 3.91. The van der Waals surface area contributed by atoms with Gasteiger partial charge in [-0.2, -0.15) is 0 Å². The van der Waals surface area contributed by atoms with Crippen molar-refractivity contribution in [1.82, 2.24) is 10.3 Å². The van der Waals surface area contributed by atoms with Gasteiger partial charge in [0.1, 0.15) is 0 Å². The molecule has 3 heteroatoms. The molecule has 3 rings (SSSR count). The van der Waals surface area contributed by atoms with Crippen molar-refractivity contribution in [2.75, 3.05) is 20.2 Å². The van der Waals surface area contributed by atoms with E-state index in [1.165, 1.54) is 10.9 Å². The van der Waals surface area contributed by atoms with Gasteiger partial charge in [-0.1, -0.05) is 18.2 Å². The second-order valence-corrected chi connectivity index (χ2v) is 5.27. The Bertz CT molecular complexity index is 582. The minimum absolute atomic E-state index is 0.194. The average molecular weight is 256 g/mol. The van der Waals surface area contributed by atoms with Gasteiger partial charge in [0.25, 0.3) is 0 Å².